The third-order valence-electron chi connectivity index (χ3n) is 2.31. The van der Waals surface area contributed by atoms with Crippen molar-refractivity contribution in [1.29, 1.82) is 0 Å². The standard InChI is InChI=1S/C12H17F2NO/c1-2-3-10(16)8-15-7-9-4-5-11(13)12(14)6-9/h4-6,10,15-16H,2-3,7-8H2,1H3. The molecule has 0 fully saturated rings. The fraction of sp³-hybridized carbons (Fsp3) is 0.500. The molecule has 0 amide bonds. The molecular formula is C12H17F2NO. The second kappa shape index (κ2) is 6.55. The van der Waals surface area contributed by atoms with Gasteiger partial charge in [-0.25, -0.2) is 8.78 Å². The van der Waals surface area contributed by atoms with Crippen molar-refractivity contribution >= 4 is 0 Å². The summed E-state index contributed by atoms with van der Waals surface area (Å²) < 4.78 is 25.4. The summed E-state index contributed by atoms with van der Waals surface area (Å²) in [5.74, 6) is -1.68. The van der Waals surface area contributed by atoms with Gasteiger partial charge in [0.2, 0.25) is 0 Å². The number of aliphatic hydroxyl groups is 1. The molecule has 1 aromatic carbocycles. The van der Waals surface area contributed by atoms with Crippen LogP contribution in [0.2, 0.25) is 0 Å². The summed E-state index contributed by atoms with van der Waals surface area (Å²) in [6, 6.07) is 3.79. The SMILES string of the molecule is CCCC(O)CNCc1ccc(F)c(F)c1. The number of aliphatic hydroxyl groups excluding tert-OH is 1. The Morgan fingerprint density at radius 1 is 1.31 bits per heavy atom. The zero-order valence-electron chi connectivity index (χ0n) is 9.34. The summed E-state index contributed by atoms with van der Waals surface area (Å²) >= 11 is 0. The molecule has 0 heterocycles. The zero-order valence-corrected chi connectivity index (χ0v) is 9.34. The molecule has 16 heavy (non-hydrogen) atoms. The Balaban J connectivity index is 2.34. The molecule has 1 aromatic rings. The van der Waals surface area contributed by atoms with Crippen LogP contribution < -0.4 is 5.32 Å². The molecular weight excluding hydrogens is 212 g/mol. The van der Waals surface area contributed by atoms with Gasteiger partial charge < -0.3 is 10.4 Å². The molecule has 0 saturated heterocycles. The smallest absolute Gasteiger partial charge is 0.159 e. The predicted octanol–water partition coefficient (Wildman–Crippen LogP) is 2.22. The van der Waals surface area contributed by atoms with Crippen molar-refractivity contribution in [2.24, 2.45) is 0 Å². The summed E-state index contributed by atoms with van der Waals surface area (Å²) in [7, 11) is 0. The van der Waals surface area contributed by atoms with E-state index < -0.39 is 11.6 Å². The van der Waals surface area contributed by atoms with E-state index in [2.05, 4.69) is 5.32 Å². The summed E-state index contributed by atoms with van der Waals surface area (Å²) in [5.41, 5.74) is 0.669. The van der Waals surface area contributed by atoms with Crippen molar-refractivity contribution in [1.82, 2.24) is 5.32 Å². The molecule has 1 rings (SSSR count). The lowest BCUT2D eigenvalue weighted by Gasteiger charge is -2.10. The second-order valence-corrected chi connectivity index (χ2v) is 3.82. The van der Waals surface area contributed by atoms with E-state index in [1.165, 1.54) is 6.07 Å². The number of hydrogen-bond acceptors (Lipinski definition) is 2. The van der Waals surface area contributed by atoms with Crippen molar-refractivity contribution in [2.75, 3.05) is 6.54 Å². The topological polar surface area (TPSA) is 32.3 Å². The van der Waals surface area contributed by atoms with Crippen molar-refractivity contribution in [3.8, 4) is 0 Å². The van der Waals surface area contributed by atoms with Crippen LogP contribution >= 0.6 is 0 Å². The normalized spacial score (nSPS) is 12.8. The first-order chi connectivity index (χ1) is 7.63. The minimum Gasteiger partial charge on any atom is -0.392 e. The van der Waals surface area contributed by atoms with E-state index >= 15 is 0 Å². The average molecular weight is 229 g/mol. The average Bonchev–Trinajstić information content (AvgIpc) is 2.24. The highest BCUT2D eigenvalue weighted by molar-refractivity contribution is 5.17. The minimum absolute atomic E-state index is 0.379. The molecule has 1 atom stereocenters. The van der Waals surface area contributed by atoms with Gasteiger partial charge in [-0.1, -0.05) is 19.4 Å². The Labute approximate surface area is 94.3 Å². The highest BCUT2D eigenvalue weighted by atomic mass is 19.2. The van der Waals surface area contributed by atoms with Gasteiger partial charge in [0, 0.05) is 13.1 Å². The van der Waals surface area contributed by atoms with Crippen LogP contribution in [0.3, 0.4) is 0 Å². The van der Waals surface area contributed by atoms with Crippen LogP contribution in [0.1, 0.15) is 25.3 Å². The largest absolute Gasteiger partial charge is 0.392 e. The monoisotopic (exact) mass is 229 g/mol. The number of nitrogens with one attached hydrogen (secondary N) is 1. The third kappa shape index (κ3) is 4.24. The van der Waals surface area contributed by atoms with E-state index in [0.29, 0.717) is 18.7 Å². The molecule has 0 radical (unpaired) electrons. The van der Waals surface area contributed by atoms with Gasteiger partial charge in [-0.15, -0.1) is 0 Å². The molecule has 0 saturated carbocycles. The van der Waals surface area contributed by atoms with Crippen molar-refractivity contribution in [3.05, 3.63) is 35.4 Å². The van der Waals surface area contributed by atoms with Gasteiger partial charge in [0.25, 0.3) is 0 Å². The van der Waals surface area contributed by atoms with Crippen molar-refractivity contribution in [3.63, 3.8) is 0 Å². The van der Waals surface area contributed by atoms with Gasteiger partial charge >= 0.3 is 0 Å². The van der Waals surface area contributed by atoms with E-state index in [0.717, 1.165) is 25.0 Å². The molecule has 4 heteroatoms. The summed E-state index contributed by atoms with van der Waals surface area (Å²) in [6.07, 6.45) is 1.29. The van der Waals surface area contributed by atoms with Crippen LogP contribution in [0, 0.1) is 11.6 Å². The highest BCUT2D eigenvalue weighted by Crippen LogP contribution is 2.08. The van der Waals surface area contributed by atoms with Crippen LogP contribution in [-0.2, 0) is 6.54 Å². The lowest BCUT2D eigenvalue weighted by molar-refractivity contribution is 0.160. The summed E-state index contributed by atoms with van der Waals surface area (Å²) in [6.45, 7) is 2.89. The van der Waals surface area contributed by atoms with E-state index in [4.69, 9.17) is 0 Å². The first kappa shape index (κ1) is 13.1. The van der Waals surface area contributed by atoms with Crippen LogP contribution in [0.4, 0.5) is 8.78 Å². The quantitative estimate of drug-likeness (QED) is 0.784. The first-order valence-electron chi connectivity index (χ1n) is 5.46. The van der Waals surface area contributed by atoms with Gasteiger partial charge in [-0.05, 0) is 24.1 Å². The second-order valence-electron chi connectivity index (χ2n) is 3.82. The molecule has 2 N–H and O–H groups in total. The minimum atomic E-state index is -0.839. The molecule has 0 aliphatic rings. The fourth-order valence-corrected chi connectivity index (χ4v) is 1.47. The molecule has 0 aliphatic carbocycles. The maximum atomic E-state index is 12.8. The Hall–Kier alpha value is -1.00. The van der Waals surface area contributed by atoms with E-state index in [1.807, 2.05) is 6.92 Å². The predicted molar refractivity (Wildman–Crippen MR) is 59.0 cm³/mol. The van der Waals surface area contributed by atoms with Gasteiger partial charge in [0.1, 0.15) is 0 Å². The number of rotatable bonds is 6. The number of benzene rings is 1. The van der Waals surface area contributed by atoms with Gasteiger partial charge in [-0.2, -0.15) is 0 Å². The van der Waals surface area contributed by atoms with Gasteiger partial charge in [-0.3, -0.25) is 0 Å². The molecule has 0 bridgehead atoms. The molecule has 1 unspecified atom stereocenters. The fourth-order valence-electron chi connectivity index (χ4n) is 1.47. The van der Waals surface area contributed by atoms with Crippen LogP contribution in [0.15, 0.2) is 18.2 Å². The maximum absolute atomic E-state index is 12.8. The van der Waals surface area contributed by atoms with E-state index in [-0.39, 0.29) is 6.10 Å². The highest BCUT2D eigenvalue weighted by Gasteiger charge is 2.04. The Kier molecular flexibility index (Phi) is 5.35. The number of hydrogen-bond donors (Lipinski definition) is 2. The van der Waals surface area contributed by atoms with Crippen molar-refractivity contribution < 1.29 is 13.9 Å². The lowest BCUT2D eigenvalue weighted by atomic mass is 10.2. The number of halogens is 2. The third-order valence-corrected chi connectivity index (χ3v) is 2.31. The molecule has 90 valence electrons. The van der Waals surface area contributed by atoms with Crippen LogP contribution in [-0.4, -0.2) is 17.8 Å². The summed E-state index contributed by atoms with van der Waals surface area (Å²) in [5, 5.41) is 12.4. The van der Waals surface area contributed by atoms with Gasteiger partial charge in [0.05, 0.1) is 6.10 Å². The molecule has 0 aromatic heterocycles. The van der Waals surface area contributed by atoms with Crippen LogP contribution in [0.5, 0.6) is 0 Å². The maximum Gasteiger partial charge on any atom is 0.159 e. The molecule has 0 spiro atoms. The van der Waals surface area contributed by atoms with E-state index in [9.17, 15) is 13.9 Å². The van der Waals surface area contributed by atoms with E-state index in [1.54, 1.807) is 0 Å². The Morgan fingerprint density at radius 2 is 2.06 bits per heavy atom. The first-order valence-corrected chi connectivity index (χ1v) is 5.46. The Bertz CT molecular complexity index is 331. The molecule has 2 nitrogen and oxygen atoms in total. The van der Waals surface area contributed by atoms with Gasteiger partial charge in [0.15, 0.2) is 11.6 Å². The zero-order chi connectivity index (χ0) is 12.0. The lowest BCUT2D eigenvalue weighted by Crippen LogP contribution is -2.26. The Morgan fingerprint density at radius 3 is 2.69 bits per heavy atom. The van der Waals surface area contributed by atoms with Crippen LogP contribution in [0.25, 0.3) is 0 Å². The molecule has 0 aliphatic heterocycles. The van der Waals surface area contributed by atoms with Crippen molar-refractivity contribution in [2.45, 2.75) is 32.4 Å². The summed E-state index contributed by atoms with van der Waals surface area (Å²) in [4.78, 5) is 0.